The van der Waals surface area contributed by atoms with Gasteiger partial charge in [-0.25, -0.2) is 0 Å². The monoisotopic (exact) mass is 307 g/mol. The first kappa shape index (κ1) is 18.4. The fourth-order valence-electron chi connectivity index (χ4n) is 0. The molecule has 3 radical (unpaired) electrons. The van der Waals surface area contributed by atoms with Crippen molar-refractivity contribution in [2.45, 2.75) is 24.2 Å². The standard InChI is InChI=1S/C4H9.CH4O.H2O4S.Sn/c1-4(2)3;1-2;1-5(2,3)4;/h1-3H3;2H,1H3;(H2,1,2,3,4);. The third kappa shape index (κ3) is 2490. The van der Waals surface area contributed by atoms with Crippen molar-refractivity contribution in [1.29, 1.82) is 0 Å². The fourth-order valence-corrected chi connectivity index (χ4v) is 0. The zero-order chi connectivity index (χ0) is 11.0. The average Bonchev–Trinajstić information content (AvgIpc) is 1.59. The van der Waals surface area contributed by atoms with E-state index in [0.29, 0.717) is 3.43 Å². The largest absolute Gasteiger partial charge is 0.394 e. The van der Waals surface area contributed by atoms with E-state index in [0.717, 1.165) is 7.11 Å². The molecule has 0 saturated heterocycles. The van der Waals surface area contributed by atoms with Crippen LogP contribution in [0, 0.1) is 0 Å². The van der Waals surface area contributed by atoms with Crippen LogP contribution >= 0.6 is 0 Å². The molecule has 0 aromatic carbocycles. The van der Waals surface area contributed by atoms with Crippen LogP contribution in [-0.4, -0.2) is 52.3 Å². The van der Waals surface area contributed by atoms with Crippen molar-refractivity contribution in [3.8, 4) is 0 Å². The Bertz CT molecular complexity index is 155. The zero-order valence-electron chi connectivity index (χ0n) is 7.57. The van der Waals surface area contributed by atoms with Gasteiger partial charge in [0.15, 0.2) is 0 Å². The second-order valence-electron chi connectivity index (χ2n) is 2.70. The summed E-state index contributed by atoms with van der Waals surface area (Å²) in [6.45, 7) is 6.68. The van der Waals surface area contributed by atoms with Crippen LogP contribution < -0.4 is 0 Å². The minimum absolute atomic E-state index is 0.590. The molecule has 0 spiro atoms. The molecule has 0 atom stereocenters. The second-order valence-corrected chi connectivity index (χ2v) is 7.87. The molecular weight excluding hydrogens is 291 g/mol. The molecule has 0 rings (SSSR count). The molecule has 0 unspecified atom stereocenters. The van der Waals surface area contributed by atoms with Crippen LogP contribution in [0.2, 0.25) is 3.43 Å². The van der Waals surface area contributed by atoms with E-state index in [1.165, 1.54) is 0 Å². The quantitative estimate of drug-likeness (QED) is 0.443. The summed E-state index contributed by atoms with van der Waals surface area (Å²) < 4.78 is 32.2. The van der Waals surface area contributed by atoms with E-state index in [1.807, 2.05) is 0 Å². The molecule has 5 nitrogen and oxygen atoms in total. The van der Waals surface area contributed by atoms with Gasteiger partial charge in [-0.15, -0.1) is 0 Å². The molecule has 0 aromatic rings. The number of aliphatic hydroxyl groups is 1. The van der Waals surface area contributed by atoms with Crippen LogP contribution in [-0.2, 0) is 10.4 Å². The molecule has 3 N–H and O–H groups in total. The van der Waals surface area contributed by atoms with Crippen molar-refractivity contribution < 1.29 is 22.6 Å². The fraction of sp³-hybridized carbons (Fsp3) is 1.00. The first-order valence-electron chi connectivity index (χ1n) is 2.90. The minimum Gasteiger partial charge on any atom is -0.264 e. The van der Waals surface area contributed by atoms with Crippen molar-refractivity contribution in [2.24, 2.45) is 0 Å². The summed E-state index contributed by atoms with van der Waals surface area (Å²) in [4.78, 5) is 0. The summed E-state index contributed by atoms with van der Waals surface area (Å²) in [5.41, 5.74) is 0. The van der Waals surface area contributed by atoms with Crippen molar-refractivity contribution >= 4 is 32.9 Å². The van der Waals surface area contributed by atoms with Crippen LogP contribution in [0.4, 0.5) is 0 Å². The van der Waals surface area contributed by atoms with Gasteiger partial charge in [0.1, 0.15) is 0 Å². The SMILES string of the molecule is CO.C[C](C)(C)[Sn].O=S(=O)(O)O. The topological polar surface area (TPSA) is 94.8 Å². The zero-order valence-corrected chi connectivity index (χ0v) is 11.2. The Hall–Kier alpha value is 0.629. The molecule has 75 valence electrons. The summed E-state index contributed by atoms with van der Waals surface area (Å²) in [6.07, 6.45) is 0. The Morgan fingerprint density at radius 1 is 1.08 bits per heavy atom. The maximum Gasteiger partial charge on any atom is 0.394 e. The van der Waals surface area contributed by atoms with E-state index >= 15 is 0 Å². The van der Waals surface area contributed by atoms with E-state index in [2.05, 4.69) is 20.8 Å². The van der Waals surface area contributed by atoms with Crippen molar-refractivity contribution in [1.82, 2.24) is 0 Å². The molecule has 0 amide bonds. The molecular formula is C5H15O5SSn. The summed E-state index contributed by atoms with van der Waals surface area (Å²) in [6, 6.07) is 0. The second kappa shape index (κ2) is 8.24. The van der Waals surface area contributed by atoms with Crippen LogP contribution in [0.25, 0.3) is 0 Å². The predicted octanol–water partition coefficient (Wildman–Crippen LogP) is 0.329. The Balaban J connectivity index is -0.000000112. The first-order chi connectivity index (χ1) is 5.00. The Kier molecular flexibility index (Phi) is 12.6. The van der Waals surface area contributed by atoms with Gasteiger partial charge < -0.3 is 5.11 Å². The number of rotatable bonds is 0. The van der Waals surface area contributed by atoms with Gasteiger partial charge >= 0.3 is 57.1 Å². The molecule has 0 aliphatic carbocycles. The van der Waals surface area contributed by atoms with Gasteiger partial charge in [-0.1, -0.05) is 0 Å². The van der Waals surface area contributed by atoms with Gasteiger partial charge in [-0.3, -0.25) is 9.11 Å². The molecule has 0 aliphatic rings. The minimum atomic E-state index is -4.67. The van der Waals surface area contributed by atoms with Gasteiger partial charge in [0.2, 0.25) is 0 Å². The third-order valence-electron chi connectivity index (χ3n) is 0. The smallest absolute Gasteiger partial charge is 0.264 e. The Morgan fingerprint density at radius 3 is 1.08 bits per heavy atom. The normalized spacial score (nSPS) is 10.3. The summed E-state index contributed by atoms with van der Waals surface area (Å²) in [5, 5.41) is 7.00. The molecule has 12 heavy (non-hydrogen) atoms. The van der Waals surface area contributed by atoms with Gasteiger partial charge in [0.25, 0.3) is 0 Å². The number of hydrogen-bond acceptors (Lipinski definition) is 3. The van der Waals surface area contributed by atoms with Gasteiger partial charge in [0, 0.05) is 7.11 Å². The van der Waals surface area contributed by atoms with Crippen LogP contribution in [0.3, 0.4) is 0 Å². The van der Waals surface area contributed by atoms with E-state index in [1.54, 1.807) is 22.5 Å². The molecule has 0 bridgehead atoms. The Morgan fingerprint density at radius 2 is 1.08 bits per heavy atom. The van der Waals surface area contributed by atoms with Gasteiger partial charge in [-0.2, -0.15) is 8.42 Å². The van der Waals surface area contributed by atoms with Crippen molar-refractivity contribution in [2.75, 3.05) is 7.11 Å². The van der Waals surface area contributed by atoms with Crippen molar-refractivity contribution in [3.63, 3.8) is 0 Å². The van der Waals surface area contributed by atoms with Crippen LogP contribution in [0.15, 0.2) is 0 Å². The molecule has 0 aromatic heterocycles. The summed E-state index contributed by atoms with van der Waals surface area (Å²) in [5.74, 6) is 0. The average molecular weight is 306 g/mol. The number of aliphatic hydroxyl groups excluding tert-OH is 1. The van der Waals surface area contributed by atoms with Gasteiger partial charge in [-0.05, 0) is 0 Å². The first-order valence-corrected chi connectivity index (χ1v) is 5.72. The number of hydrogen-bond donors (Lipinski definition) is 3. The Labute approximate surface area is 86.8 Å². The van der Waals surface area contributed by atoms with Crippen LogP contribution in [0.1, 0.15) is 20.8 Å². The third-order valence-corrected chi connectivity index (χ3v) is 0. The molecule has 0 aliphatic heterocycles. The van der Waals surface area contributed by atoms with E-state index in [-0.39, 0.29) is 0 Å². The predicted molar refractivity (Wildman–Crippen MR) is 47.8 cm³/mol. The molecule has 0 heterocycles. The van der Waals surface area contributed by atoms with E-state index < -0.39 is 10.4 Å². The van der Waals surface area contributed by atoms with Gasteiger partial charge in [0.05, 0.1) is 0 Å². The van der Waals surface area contributed by atoms with Crippen LogP contribution in [0.5, 0.6) is 0 Å². The van der Waals surface area contributed by atoms with E-state index in [9.17, 15) is 0 Å². The molecule has 0 fully saturated rings. The van der Waals surface area contributed by atoms with Crippen molar-refractivity contribution in [3.05, 3.63) is 0 Å². The molecule has 7 heteroatoms. The van der Waals surface area contributed by atoms with E-state index in [4.69, 9.17) is 22.6 Å². The maximum atomic E-state index is 8.74. The maximum absolute atomic E-state index is 8.74. The molecule has 0 saturated carbocycles. The summed E-state index contributed by atoms with van der Waals surface area (Å²) >= 11 is 1.62. The summed E-state index contributed by atoms with van der Waals surface area (Å²) in [7, 11) is -3.67.